The number of carbonyl (C=O) groups is 1. The molecule has 0 spiro atoms. The zero-order valence-corrected chi connectivity index (χ0v) is 14.6. The molecule has 0 bridgehead atoms. The molecule has 3 aromatic rings. The Balaban J connectivity index is 1.61. The first-order valence-electron chi connectivity index (χ1n) is 8.31. The summed E-state index contributed by atoms with van der Waals surface area (Å²) < 4.78 is 17.9. The molecule has 0 fully saturated rings. The normalized spacial score (nSPS) is 12.4. The van der Waals surface area contributed by atoms with Gasteiger partial charge in [0.2, 0.25) is 6.79 Å². The largest absolute Gasteiger partial charge is 0.459 e. The highest BCUT2D eigenvalue weighted by Crippen LogP contribution is 2.33. The molecule has 134 valence electrons. The van der Waals surface area contributed by atoms with Crippen molar-refractivity contribution in [1.29, 1.82) is 0 Å². The van der Waals surface area contributed by atoms with Crippen molar-refractivity contribution >= 4 is 5.91 Å². The molecule has 0 saturated heterocycles. The number of rotatable bonds is 5. The van der Waals surface area contributed by atoms with Gasteiger partial charge in [0, 0.05) is 13.6 Å². The van der Waals surface area contributed by atoms with E-state index in [1.807, 2.05) is 38.2 Å². The molecule has 1 aromatic carbocycles. The molecule has 0 radical (unpaired) electrons. The molecule has 0 N–H and O–H groups in total. The average molecular weight is 353 g/mol. The summed E-state index contributed by atoms with van der Waals surface area (Å²) in [5.41, 5.74) is 2.81. The van der Waals surface area contributed by atoms with Crippen LogP contribution in [0.2, 0.25) is 0 Å². The molecule has 7 heteroatoms. The molecule has 7 nitrogen and oxygen atoms in total. The van der Waals surface area contributed by atoms with Crippen molar-refractivity contribution in [2.45, 2.75) is 20.0 Å². The number of ether oxygens (including phenoxy) is 2. The van der Waals surface area contributed by atoms with Gasteiger partial charge in [0.05, 0.1) is 24.2 Å². The van der Waals surface area contributed by atoms with Crippen molar-refractivity contribution in [1.82, 2.24) is 14.7 Å². The molecule has 2 aromatic heterocycles. The summed E-state index contributed by atoms with van der Waals surface area (Å²) in [5.74, 6) is 1.56. The van der Waals surface area contributed by atoms with Crippen LogP contribution in [0.1, 0.15) is 27.5 Å². The third-order valence-electron chi connectivity index (χ3n) is 4.28. The highest BCUT2D eigenvalue weighted by atomic mass is 16.7. The molecule has 4 rings (SSSR count). The van der Waals surface area contributed by atoms with E-state index in [9.17, 15) is 4.79 Å². The minimum atomic E-state index is -0.175. The summed E-state index contributed by atoms with van der Waals surface area (Å²) in [6.45, 7) is 2.99. The number of nitrogens with zero attached hydrogens (tertiary/aromatic N) is 3. The topological polar surface area (TPSA) is 69.7 Å². The molecular weight excluding hydrogens is 334 g/mol. The summed E-state index contributed by atoms with van der Waals surface area (Å²) in [6, 6.07) is 11.1. The van der Waals surface area contributed by atoms with Gasteiger partial charge in [-0.1, -0.05) is 6.07 Å². The second-order valence-corrected chi connectivity index (χ2v) is 6.23. The molecule has 3 heterocycles. The molecule has 0 aliphatic carbocycles. The van der Waals surface area contributed by atoms with Crippen molar-refractivity contribution in [3.05, 3.63) is 65.4 Å². The van der Waals surface area contributed by atoms with E-state index in [1.54, 1.807) is 21.7 Å². The lowest BCUT2D eigenvalue weighted by Crippen LogP contribution is -2.30. The van der Waals surface area contributed by atoms with E-state index in [2.05, 4.69) is 5.10 Å². The predicted molar refractivity (Wildman–Crippen MR) is 92.8 cm³/mol. The second-order valence-electron chi connectivity index (χ2n) is 6.23. The Morgan fingerprint density at radius 3 is 2.77 bits per heavy atom. The predicted octanol–water partition coefficient (Wildman–Crippen LogP) is 2.89. The van der Waals surface area contributed by atoms with Gasteiger partial charge in [0.1, 0.15) is 0 Å². The van der Waals surface area contributed by atoms with Crippen LogP contribution in [-0.2, 0) is 20.1 Å². The Morgan fingerprint density at radius 1 is 1.19 bits per heavy atom. The second kappa shape index (κ2) is 6.59. The monoisotopic (exact) mass is 353 g/mol. The maximum atomic E-state index is 12.9. The molecule has 1 aliphatic rings. The van der Waals surface area contributed by atoms with Gasteiger partial charge < -0.3 is 18.8 Å². The zero-order chi connectivity index (χ0) is 18.1. The van der Waals surface area contributed by atoms with Crippen LogP contribution >= 0.6 is 0 Å². The number of fused-ring (bicyclic) bond motifs is 1. The molecule has 26 heavy (non-hydrogen) atoms. The lowest BCUT2D eigenvalue weighted by Gasteiger charge is -2.22. The fraction of sp³-hybridized carbons (Fsp3) is 0.263. The van der Waals surface area contributed by atoms with E-state index in [0.29, 0.717) is 24.6 Å². The van der Waals surface area contributed by atoms with E-state index in [1.165, 1.54) is 6.26 Å². The van der Waals surface area contributed by atoms with Gasteiger partial charge in [-0.2, -0.15) is 5.10 Å². The van der Waals surface area contributed by atoms with Crippen molar-refractivity contribution in [3.8, 4) is 11.5 Å². The van der Waals surface area contributed by atoms with Crippen molar-refractivity contribution in [2.24, 2.45) is 7.05 Å². The van der Waals surface area contributed by atoms with E-state index < -0.39 is 0 Å². The summed E-state index contributed by atoms with van der Waals surface area (Å²) in [4.78, 5) is 14.6. The van der Waals surface area contributed by atoms with Gasteiger partial charge in [-0.25, -0.2) is 0 Å². The number of aromatic nitrogens is 2. The van der Waals surface area contributed by atoms with Crippen LogP contribution in [-0.4, -0.2) is 27.4 Å². The van der Waals surface area contributed by atoms with Crippen LogP contribution < -0.4 is 9.47 Å². The SMILES string of the molecule is Cc1cc(CN(Cc2ccc3c(c2)OCO3)C(=O)c2ccco2)n(C)n1. The van der Waals surface area contributed by atoms with E-state index in [-0.39, 0.29) is 12.7 Å². The van der Waals surface area contributed by atoms with Crippen LogP contribution in [0.15, 0.2) is 47.1 Å². The summed E-state index contributed by atoms with van der Waals surface area (Å²) >= 11 is 0. The number of hydrogen-bond acceptors (Lipinski definition) is 5. The van der Waals surface area contributed by atoms with Gasteiger partial charge >= 0.3 is 0 Å². The highest BCUT2D eigenvalue weighted by molar-refractivity contribution is 5.91. The highest BCUT2D eigenvalue weighted by Gasteiger charge is 2.22. The molecule has 0 atom stereocenters. The van der Waals surface area contributed by atoms with Gasteiger partial charge in [0.25, 0.3) is 5.91 Å². The lowest BCUT2D eigenvalue weighted by atomic mass is 10.1. The first-order chi connectivity index (χ1) is 12.6. The van der Waals surface area contributed by atoms with E-state index >= 15 is 0 Å². The molecular formula is C19H19N3O4. The first-order valence-corrected chi connectivity index (χ1v) is 8.31. The Labute approximate surface area is 150 Å². The third-order valence-corrected chi connectivity index (χ3v) is 4.28. The molecule has 1 amide bonds. The maximum absolute atomic E-state index is 12.9. The maximum Gasteiger partial charge on any atom is 0.290 e. The zero-order valence-electron chi connectivity index (χ0n) is 14.6. The van der Waals surface area contributed by atoms with Crippen LogP contribution in [0.25, 0.3) is 0 Å². The fourth-order valence-corrected chi connectivity index (χ4v) is 3.02. The summed E-state index contributed by atoms with van der Waals surface area (Å²) in [7, 11) is 1.87. The van der Waals surface area contributed by atoms with Crippen molar-refractivity contribution < 1.29 is 18.7 Å². The number of furan rings is 1. The first kappa shape index (κ1) is 16.3. The fourth-order valence-electron chi connectivity index (χ4n) is 3.02. The van der Waals surface area contributed by atoms with Crippen LogP contribution in [0.5, 0.6) is 11.5 Å². The molecule has 0 saturated carbocycles. The van der Waals surface area contributed by atoms with Gasteiger partial charge in [-0.3, -0.25) is 9.48 Å². The molecule has 0 unspecified atom stereocenters. The van der Waals surface area contributed by atoms with Crippen LogP contribution in [0.4, 0.5) is 0 Å². The lowest BCUT2D eigenvalue weighted by molar-refractivity contribution is 0.0693. The van der Waals surface area contributed by atoms with Gasteiger partial charge in [-0.15, -0.1) is 0 Å². The van der Waals surface area contributed by atoms with Gasteiger partial charge in [0.15, 0.2) is 17.3 Å². The molecule has 1 aliphatic heterocycles. The van der Waals surface area contributed by atoms with E-state index in [4.69, 9.17) is 13.9 Å². The number of aryl methyl sites for hydroxylation is 2. The van der Waals surface area contributed by atoms with Crippen LogP contribution in [0, 0.1) is 6.92 Å². The standard InChI is InChI=1S/C19H19N3O4/c1-13-8-15(21(2)20-13)11-22(19(23)17-4-3-7-24-17)10-14-5-6-16-18(9-14)26-12-25-16/h3-9H,10-12H2,1-2H3. The number of benzene rings is 1. The Bertz CT molecular complexity index is 930. The summed E-state index contributed by atoms with van der Waals surface area (Å²) in [5, 5.41) is 4.36. The Hall–Kier alpha value is -3.22. The smallest absolute Gasteiger partial charge is 0.290 e. The minimum absolute atomic E-state index is 0.175. The average Bonchev–Trinajstić information content (AvgIpc) is 3.35. The van der Waals surface area contributed by atoms with E-state index in [0.717, 1.165) is 22.7 Å². The van der Waals surface area contributed by atoms with Crippen molar-refractivity contribution in [2.75, 3.05) is 6.79 Å². The van der Waals surface area contributed by atoms with Crippen LogP contribution in [0.3, 0.4) is 0 Å². The number of amides is 1. The Morgan fingerprint density at radius 2 is 2.04 bits per heavy atom. The summed E-state index contributed by atoms with van der Waals surface area (Å²) in [6.07, 6.45) is 1.50. The third kappa shape index (κ3) is 3.15. The number of hydrogen-bond donors (Lipinski definition) is 0. The minimum Gasteiger partial charge on any atom is -0.459 e. The Kier molecular flexibility index (Phi) is 4.12. The van der Waals surface area contributed by atoms with Crippen molar-refractivity contribution in [3.63, 3.8) is 0 Å². The van der Waals surface area contributed by atoms with Gasteiger partial charge in [-0.05, 0) is 42.8 Å². The number of carbonyl (C=O) groups excluding carboxylic acids is 1. The quantitative estimate of drug-likeness (QED) is 0.705.